The van der Waals surface area contributed by atoms with Crippen LogP contribution < -0.4 is 5.32 Å². The second-order valence-electron chi connectivity index (χ2n) is 8.44. The molecule has 2 unspecified atom stereocenters. The highest BCUT2D eigenvalue weighted by atomic mass is 35.5. The molecular formula is C19H20ClFN2O5. The number of benzene rings is 1. The average Bonchev–Trinajstić information content (AvgIpc) is 2.59. The minimum absolute atomic E-state index is 0.151. The molecule has 7 nitrogen and oxygen atoms in total. The van der Waals surface area contributed by atoms with Gasteiger partial charge in [-0.25, -0.2) is 4.39 Å². The lowest BCUT2D eigenvalue weighted by Gasteiger charge is -2.58. The molecule has 4 aliphatic carbocycles. The van der Waals surface area contributed by atoms with Crippen LogP contribution in [0.2, 0.25) is 0 Å². The third-order valence-electron chi connectivity index (χ3n) is 6.19. The summed E-state index contributed by atoms with van der Waals surface area (Å²) in [5, 5.41) is 13.3. The SMILES string of the molecule is O=C(COC(=O)C12C[C@@H]3C[C@@H](CC(Cl)(C3)C1)C2)Nc1ccc(F)cc1[N+](=O)[O-]. The molecule has 0 spiro atoms. The van der Waals surface area contributed by atoms with Crippen LogP contribution >= 0.6 is 11.6 Å². The Morgan fingerprint density at radius 2 is 1.96 bits per heavy atom. The van der Waals surface area contributed by atoms with E-state index in [-0.39, 0.29) is 10.6 Å². The quantitative estimate of drug-likeness (QED) is 0.344. The lowest BCUT2D eigenvalue weighted by atomic mass is 9.49. The van der Waals surface area contributed by atoms with Gasteiger partial charge in [0.15, 0.2) is 6.61 Å². The van der Waals surface area contributed by atoms with Crippen molar-refractivity contribution >= 4 is 34.9 Å². The maximum absolute atomic E-state index is 13.2. The highest BCUT2D eigenvalue weighted by Gasteiger charge is 2.60. The van der Waals surface area contributed by atoms with Gasteiger partial charge < -0.3 is 10.1 Å². The van der Waals surface area contributed by atoms with Crippen LogP contribution in [-0.4, -0.2) is 28.3 Å². The van der Waals surface area contributed by atoms with Crippen molar-refractivity contribution in [2.75, 3.05) is 11.9 Å². The van der Waals surface area contributed by atoms with E-state index in [4.69, 9.17) is 16.3 Å². The van der Waals surface area contributed by atoms with Crippen LogP contribution in [0.15, 0.2) is 18.2 Å². The zero-order valence-corrected chi connectivity index (χ0v) is 15.8. The van der Waals surface area contributed by atoms with Crippen LogP contribution in [0.3, 0.4) is 0 Å². The maximum atomic E-state index is 13.2. The summed E-state index contributed by atoms with van der Waals surface area (Å²) in [5.41, 5.74) is -1.35. The molecule has 0 aliphatic heterocycles. The highest BCUT2D eigenvalue weighted by molar-refractivity contribution is 6.24. The summed E-state index contributed by atoms with van der Waals surface area (Å²) in [4.78, 5) is 34.8. The number of alkyl halides is 1. The molecule has 1 amide bonds. The lowest BCUT2D eigenvalue weighted by molar-refractivity contribution is -0.384. The van der Waals surface area contributed by atoms with Gasteiger partial charge in [-0.3, -0.25) is 19.7 Å². The van der Waals surface area contributed by atoms with Gasteiger partial charge in [-0.05, 0) is 62.5 Å². The molecule has 4 saturated carbocycles. The van der Waals surface area contributed by atoms with Crippen LogP contribution in [-0.2, 0) is 14.3 Å². The standard InChI is InChI=1S/C19H20ClFN2O5/c20-19-7-11-3-12(8-19)6-18(5-11,10-19)17(25)28-9-16(24)22-14-2-1-13(21)4-15(14)23(26)27/h1-2,4,11-12H,3,5-10H2,(H,22,24)/t11-,12+,18?,19?. The number of nitrogens with zero attached hydrogens (tertiary/aromatic N) is 1. The number of amides is 1. The number of anilines is 1. The van der Waals surface area contributed by atoms with Crippen LogP contribution in [0.1, 0.15) is 38.5 Å². The van der Waals surface area contributed by atoms with E-state index in [1.54, 1.807) is 0 Å². The molecule has 1 aromatic rings. The third-order valence-corrected chi connectivity index (χ3v) is 6.63. The van der Waals surface area contributed by atoms with Crippen molar-refractivity contribution in [1.82, 2.24) is 0 Å². The molecular weight excluding hydrogens is 391 g/mol. The number of hydrogen-bond donors (Lipinski definition) is 1. The molecule has 0 saturated heterocycles. The van der Waals surface area contributed by atoms with E-state index in [2.05, 4.69) is 5.32 Å². The van der Waals surface area contributed by atoms with Crippen molar-refractivity contribution in [2.24, 2.45) is 17.3 Å². The number of nitrogens with one attached hydrogen (secondary N) is 1. The Kier molecular flexibility index (Phi) is 4.56. The fraction of sp³-hybridized carbons (Fsp3) is 0.579. The Morgan fingerprint density at radius 1 is 1.29 bits per heavy atom. The smallest absolute Gasteiger partial charge is 0.312 e. The van der Waals surface area contributed by atoms with Gasteiger partial charge >= 0.3 is 5.97 Å². The fourth-order valence-electron chi connectivity index (χ4n) is 5.62. The summed E-state index contributed by atoms with van der Waals surface area (Å²) in [5.74, 6) is -1.08. The van der Waals surface area contributed by atoms with Gasteiger partial charge in [0.1, 0.15) is 11.5 Å². The van der Waals surface area contributed by atoms with E-state index >= 15 is 0 Å². The Bertz CT molecular complexity index is 847. The number of halogens is 2. The van der Waals surface area contributed by atoms with Gasteiger partial charge in [-0.15, -0.1) is 11.6 Å². The van der Waals surface area contributed by atoms with Crippen LogP contribution in [0.4, 0.5) is 15.8 Å². The molecule has 1 N–H and O–H groups in total. The number of nitro groups is 1. The Hall–Kier alpha value is -2.22. The molecule has 9 heteroatoms. The summed E-state index contributed by atoms with van der Waals surface area (Å²) in [6.45, 7) is -0.556. The zero-order chi connectivity index (χ0) is 20.1. The van der Waals surface area contributed by atoms with Crippen LogP contribution in [0.5, 0.6) is 0 Å². The first-order valence-electron chi connectivity index (χ1n) is 9.28. The molecule has 4 atom stereocenters. The molecule has 150 valence electrons. The molecule has 0 aromatic heterocycles. The lowest BCUT2D eigenvalue weighted by Crippen LogP contribution is -2.56. The second kappa shape index (κ2) is 6.69. The molecule has 4 fully saturated rings. The molecule has 4 aliphatic rings. The topological polar surface area (TPSA) is 98.5 Å². The van der Waals surface area contributed by atoms with E-state index in [1.165, 1.54) is 0 Å². The van der Waals surface area contributed by atoms with Gasteiger partial charge in [0.2, 0.25) is 0 Å². The minimum Gasteiger partial charge on any atom is -0.455 e. The van der Waals surface area contributed by atoms with Gasteiger partial charge in [0, 0.05) is 4.87 Å². The zero-order valence-electron chi connectivity index (χ0n) is 15.1. The first kappa shape index (κ1) is 19.1. The molecule has 5 rings (SSSR count). The number of nitro benzene ring substituents is 1. The second-order valence-corrected chi connectivity index (χ2v) is 9.24. The molecule has 0 heterocycles. The Balaban J connectivity index is 1.39. The summed E-state index contributed by atoms with van der Waals surface area (Å²) < 4.78 is 18.5. The van der Waals surface area contributed by atoms with Crippen LogP contribution in [0.25, 0.3) is 0 Å². The number of hydrogen-bond acceptors (Lipinski definition) is 5. The van der Waals surface area contributed by atoms with Crippen molar-refractivity contribution in [3.05, 3.63) is 34.1 Å². The van der Waals surface area contributed by atoms with E-state index in [9.17, 15) is 24.1 Å². The van der Waals surface area contributed by atoms with Crippen molar-refractivity contribution in [3.63, 3.8) is 0 Å². The summed E-state index contributed by atoms with van der Waals surface area (Å²) in [7, 11) is 0. The van der Waals surface area contributed by atoms with Gasteiger partial charge in [-0.2, -0.15) is 0 Å². The predicted molar refractivity (Wildman–Crippen MR) is 98.3 cm³/mol. The maximum Gasteiger partial charge on any atom is 0.312 e. The van der Waals surface area contributed by atoms with Crippen molar-refractivity contribution in [2.45, 2.75) is 43.4 Å². The molecule has 0 radical (unpaired) electrons. The first-order chi connectivity index (χ1) is 13.2. The van der Waals surface area contributed by atoms with Crippen molar-refractivity contribution < 1.29 is 23.6 Å². The van der Waals surface area contributed by atoms with Gasteiger partial charge in [-0.1, -0.05) is 0 Å². The summed E-state index contributed by atoms with van der Waals surface area (Å²) in [6, 6.07) is 2.82. The fourth-order valence-corrected chi connectivity index (χ4v) is 6.31. The number of ether oxygens (including phenoxy) is 1. The monoisotopic (exact) mass is 410 g/mol. The molecule has 1 aromatic carbocycles. The molecule has 4 bridgehead atoms. The first-order valence-corrected chi connectivity index (χ1v) is 9.66. The Morgan fingerprint density at radius 3 is 2.57 bits per heavy atom. The largest absolute Gasteiger partial charge is 0.455 e. The Labute approximate surface area is 165 Å². The van der Waals surface area contributed by atoms with Gasteiger partial charge in [0.25, 0.3) is 11.6 Å². The minimum atomic E-state index is -0.792. The summed E-state index contributed by atoms with van der Waals surface area (Å²) in [6.07, 6.45) is 4.99. The van der Waals surface area contributed by atoms with Crippen molar-refractivity contribution in [3.8, 4) is 0 Å². The number of carbonyl (C=O) groups excluding carboxylic acids is 2. The van der Waals surface area contributed by atoms with Crippen molar-refractivity contribution in [1.29, 1.82) is 0 Å². The number of esters is 1. The number of carbonyl (C=O) groups is 2. The van der Waals surface area contributed by atoms with Gasteiger partial charge in [0.05, 0.1) is 16.4 Å². The van der Waals surface area contributed by atoms with Crippen LogP contribution in [0, 0.1) is 33.2 Å². The number of rotatable bonds is 5. The van der Waals surface area contributed by atoms with E-state index < -0.39 is 40.3 Å². The summed E-state index contributed by atoms with van der Waals surface area (Å²) >= 11 is 6.71. The normalized spacial score (nSPS) is 32.8. The predicted octanol–water partition coefficient (Wildman–Crippen LogP) is 3.79. The highest BCUT2D eigenvalue weighted by Crippen LogP contribution is 2.64. The molecule has 28 heavy (non-hydrogen) atoms. The third kappa shape index (κ3) is 3.45. The van der Waals surface area contributed by atoms with E-state index in [1.807, 2.05) is 0 Å². The van der Waals surface area contributed by atoms with E-state index in [0.717, 1.165) is 50.3 Å². The van der Waals surface area contributed by atoms with E-state index in [0.29, 0.717) is 18.3 Å². The average molecular weight is 411 g/mol.